The smallest absolute Gasteiger partial charge is 0.178 e. The van der Waals surface area contributed by atoms with Gasteiger partial charge in [0.1, 0.15) is 6.67 Å². The molecule has 0 spiro atoms. The van der Waals surface area contributed by atoms with Gasteiger partial charge in [0.25, 0.3) is 0 Å². The molecule has 0 N–H and O–H groups in total. The second kappa shape index (κ2) is 4.04. The molecule has 0 saturated heterocycles. The summed E-state index contributed by atoms with van der Waals surface area (Å²) in [6.45, 7) is 1.64. The number of aryl methyl sites for hydroxylation is 1. The SMILES string of the molecule is CCC(=O)c1cccn1CCF. The molecule has 0 radical (unpaired) electrons. The van der Waals surface area contributed by atoms with E-state index in [0.717, 1.165) is 0 Å². The molecule has 1 rings (SSSR count). The third-order valence-corrected chi connectivity index (χ3v) is 1.76. The molecule has 0 amide bonds. The minimum atomic E-state index is -0.432. The van der Waals surface area contributed by atoms with Gasteiger partial charge in [-0.15, -0.1) is 0 Å². The number of halogens is 1. The average Bonchev–Trinajstić information content (AvgIpc) is 2.52. The highest BCUT2D eigenvalue weighted by molar-refractivity contribution is 5.94. The first-order valence-electron chi connectivity index (χ1n) is 4.04. The van der Waals surface area contributed by atoms with Crippen molar-refractivity contribution in [3.05, 3.63) is 24.0 Å². The minimum absolute atomic E-state index is 0.0634. The van der Waals surface area contributed by atoms with E-state index < -0.39 is 6.67 Å². The van der Waals surface area contributed by atoms with Crippen LogP contribution in [0.15, 0.2) is 18.3 Å². The van der Waals surface area contributed by atoms with Crippen molar-refractivity contribution < 1.29 is 9.18 Å². The Bertz CT molecular complexity index is 267. The molecule has 66 valence electrons. The first-order valence-corrected chi connectivity index (χ1v) is 4.04. The fourth-order valence-electron chi connectivity index (χ4n) is 1.13. The highest BCUT2D eigenvalue weighted by Crippen LogP contribution is 2.05. The lowest BCUT2D eigenvalue weighted by Gasteiger charge is -2.03. The lowest BCUT2D eigenvalue weighted by atomic mass is 10.2. The number of alkyl halides is 1. The standard InChI is InChI=1S/C9H12FNO/c1-2-9(12)8-4-3-6-11(8)7-5-10/h3-4,6H,2,5,7H2,1H3. The topological polar surface area (TPSA) is 22.0 Å². The Hall–Kier alpha value is -1.12. The van der Waals surface area contributed by atoms with Crippen molar-refractivity contribution in [2.45, 2.75) is 19.9 Å². The van der Waals surface area contributed by atoms with E-state index in [0.29, 0.717) is 12.1 Å². The highest BCUT2D eigenvalue weighted by Gasteiger charge is 2.07. The second-order valence-corrected chi connectivity index (χ2v) is 2.55. The number of carbonyl (C=O) groups is 1. The minimum Gasteiger partial charge on any atom is -0.342 e. The van der Waals surface area contributed by atoms with Gasteiger partial charge < -0.3 is 4.57 Å². The molecule has 1 aromatic heterocycles. The van der Waals surface area contributed by atoms with Gasteiger partial charge in [0, 0.05) is 12.6 Å². The van der Waals surface area contributed by atoms with Gasteiger partial charge >= 0.3 is 0 Å². The van der Waals surface area contributed by atoms with Crippen LogP contribution in [-0.4, -0.2) is 17.0 Å². The molecule has 0 aliphatic carbocycles. The van der Waals surface area contributed by atoms with Crippen molar-refractivity contribution in [3.8, 4) is 0 Å². The third-order valence-electron chi connectivity index (χ3n) is 1.76. The van der Waals surface area contributed by atoms with Crippen molar-refractivity contribution in [1.29, 1.82) is 0 Å². The summed E-state index contributed by atoms with van der Waals surface area (Å²) >= 11 is 0. The zero-order valence-corrected chi connectivity index (χ0v) is 7.09. The molecule has 1 heterocycles. The molecular formula is C9H12FNO. The van der Waals surface area contributed by atoms with Gasteiger partial charge in [0.05, 0.1) is 12.2 Å². The van der Waals surface area contributed by atoms with Crippen LogP contribution in [0.2, 0.25) is 0 Å². The van der Waals surface area contributed by atoms with Crippen molar-refractivity contribution in [1.82, 2.24) is 4.57 Å². The Kier molecular flexibility index (Phi) is 3.02. The van der Waals surface area contributed by atoms with E-state index in [-0.39, 0.29) is 12.3 Å². The summed E-state index contributed by atoms with van der Waals surface area (Å²) in [6, 6.07) is 3.49. The maximum atomic E-state index is 12.0. The van der Waals surface area contributed by atoms with E-state index in [1.807, 2.05) is 0 Å². The number of Topliss-reactive ketones (excluding diaryl/α,β-unsaturated/α-hetero) is 1. The van der Waals surface area contributed by atoms with E-state index in [2.05, 4.69) is 0 Å². The fraction of sp³-hybridized carbons (Fsp3) is 0.444. The van der Waals surface area contributed by atoms with Crippen molar-refractivity contribution in [3.63, 3.8) is 0 Å². The summed E-state index contributed by atoms with van der Waals surface area (Å²) in [5, 5.41) is 0. The van der Waals surface area contributed by atoms with E-state index >= 15 is 0 Å². The maximum absolute atomic E-state index is 12.0. The summed E-state index contributed by atoms with van der Waals surface area (Å²) in [5.74, 6) is 0.0634. The number of rotatable bonds is 4. The molecule has 3 heteroatoms. The number of nitrogens with zero attached hydrogens (tertiary/aromatic N) is 1. The van der Waals surface area contributed by atoms with Crippen LogP contribution in [0.3, 0.4) is 0 Å². The van der Waals surface area contributed by atoms with Crippen LogP contribution < -0.4 is 0 Å². The molecule has 0 unspecified atom stereocenters. The van der Waals surface area contributed by atoms with Crippen LogP contribution in [0.5, 0.6) is 0 Å². The third kappa shape index (κ3) is 1.72. The van der Waals surface area contributed by atoms with Gasteiger partial charge in [-0.25, -0.2) is 4.39 Å². The van der Waals surface area contributed by atoms with Gasteiger partial charge in [0.2, 0.25) is 0 Å². The summed E-state index contributed by atoms with van der Waals surface area (Å²) in [7, 11) is 0. The summed E-state index contributed by atoms with van der Waals surface area (Å²) in [5.41, 5.74) is 0.607. The molecule has 0 aliphatic heterocycles. The molecule has 2 nitrogen and oxygen atoms in total. The van der Waals surface area contributed by atoms with Crippen LogP contribution in [0.1, 0.15) is 23.8 Å². The largest absolute Gasteiger partial charge is 0.342 e. The predicted octanol–water partition coefficient (Wildman–Crippen LogP) is 2.05. The first kappa shape index (κ1) is 8.97. The van der Waals surface area contributed by atoms with Crippen molar-refractivity contribution in [2.75, 3.05) is 6.67 Å². The Balaban J connectivity index is 2.83. The molecule has 0 saturated carbocycles. The van der Waals surface area contributed by atoms with E-state index in [4.69, 9.17) is 0 Å². The molecule has 1 aromatic rings. The number of hydrogen-bond donors (Lipinski definition) is 0. The van der Waals surface area contributed by atoms with Crippen LogP contribution in [0, 0.1) is 0 Å². The van der Waals surface area contributed by atoms with Gasteiger partial charge in [-0.05, 0) is 12.1 Å². The van der Waals surface area contributed by atoms with Crippen molar-refractivity contribution in [2.24, 2.45) is 0 Å². The molecule has 0 aliphatic rings. The number of ketones is 1. The summed E-state index contributed by atoms with van der Waals surface area (Å²) < 4.78 is 13.6. The molecule has 0 fully saturated rings. The summed E-state index contributed by atoms with van der Waals surface area (Å²) in [4.78, 5) is 11.2. The number of hydrogen-bond acceptors (Lipinski definition) is 1. The molecular weight excluding hydrogens is 157 g/mol. The van der Waals surface area contributed by atoms with E-state index in [1.54, 1.807) is 29.8 Å². The zero-order chi connectivity index (χ0) is 8.97. The van der Waals surface area contributed by atoms with E-state index in [9.17, 15) is 9.18 Å². The Morgan fingerprint density at radius 3 is 3.00 bits per heavy atom. The highest BCUT2D eigenvalue weighted by atomic mass is 19.1. The molecule has 0 bridgehead atoms. The maximum Gasteiger partial charge on any atom is 0.178 e. The Labute approximate surface area is 71.0 Å². The monoisotopic (exact) mass is 169 g/mol. The second-order valence-electron chi connectivity index (χ2n) is 2.55. The predicted molar refractivity (Wildman–Crippen MR) is 45.0 cm³/mol. The average molecular weight is 169 g/mol. The molecule has 12 heavy (non-hydrogen) atoms. The Morgan fingerprint density at radius 1 is 1.67 bits per heavy atom. The summed E-state index contributed by atoms with van der Waals surface area (Å²) in [6.07, 6.45) is 2.19. The van der Waals surface area contributed by atoms with Crippen LogP contribution in [0.25, 0.3) is 0 Å². The zero-order valence-electron chi connectivity index (χ0n) is 7.09. The lowest BCUT2D eigenvalue weighted by molar-refractivity contribution is 0.0979. The van der Waals surface area contributed by atoms with Gasteiger partial charge in [0.15, 0.2) is 5.78 Å². The van der Waals surface area contributed by atoms with Crippen LogP contribution in [0.4, 0.5) is 4.39 Å². The van der Waals surface area contributed by atoms with Gasteiger partial charge in [-0.1, -0.05) is 6.92 Å². The first-order chi connectivity index (χ1) is 5.79. The Morgan fingerprint density at radius 2 is 2.42 bits per heavy atom. The molecule has 0 aromatic carbocycles. The lowest BCUT2D eigenvalue weighted by Crippen LogP contribution is -2.08. The molecule has 0 atom stereocenters. The van der Waals surface area contributed by atoms with E-state index in [1.165, 1.54) is 0 Å². The normalized spacial score (nSPS) is 10.2. The van der Waals surface area contributed by atoms with Gasteiger partial charge in [-0.3, -0.25) is 4.79 Å². The quantitative estimate of drug-likeness (QED) is 0.632. The van der Waals surface area contributed by atoms with Gasteiger partial charge in [-0.2, -0.15) is 0 Å². The fourth-order valence-corrected chi connectivity index (χ4v) is 1.13. The van der Waals surface area contributed by atoms with Crippen LogP contribution >= 0.6 is 0 Å². The number of carbonyl (C=O) groups excluding carboxylic acids is 1. The number of aromatic nitrogens is 1. The van der Waals surface area contributed by atoms with Crippen molar-refractivity contribution >= 4 is 5.78 Å². The van der Waals surface area contributed by atoms with Crippen LogP contribution in [-0.2, 0) is 6.54 Å².